The molecular weight excluding hydrogens is 230 g/mol. The molecule has 94 valence electrons. The van der Waals surface area contributed by atoms with Crippen molar-refractivity contribution in [1.29, 1.82) is 0 Å². The fourth-order valence-electron chi connectivity index (χ4n) is 1.73. The second kappa shape index (κ2) is 4.52. The molecule has 0 unspecified atom stereocenters. The Bertz CT molecular complexity index is 684. The van der Waals surface area contributed by atoms with Crippen molar-refractivity contribution >= 4 is 5.69 Å². The molecule has 0 aliphatic heterocycles. The van der Waals surface area contributed by atoms with Crippen molar-refractivity contribution in [2.75, 3.05) is 5.43 Å². The van der Waals surface area contributed by atoms with Crippen LogP contribution in [0.15, 0.2) is 39.9 Å². The van der Waals surface area contributed by atoms with Crippen molar-refractivity contribution < 1.29 is 0 Å². The third kappa shape index (κ3) is 1.95. The summed E-state index contributed by atoms with van der Waals surface area (Å²) < 4.78 is 2.48. The molecule has 2 rings (SSSR count). The van der Waals surface area contributed by atoms with E-state index in [9.17, 15) is 9.59 Å². The van der Waals surface area contributed by atoms with Gasteiger partial charge >= 0.3 is 5.69 Å². The summed E-state index contributed by atoms with van der Waals surface area (Å²) in [6.07, 6.45) is 0. The Morgan fingerprint density at radius 3 is 2.28 bits per heavy atom. The van der Waals surface area contributed by atoms with E-state index in [1.807, 2.05) is 30.3 Å². The van der Waals surface area contributed by atoms with Crippen molar-refractivity contribution in [1.82, 2.24) is 9.24 Å². The van der Waals surface area contributed by atoms with Gasteiger partial charge in [0.1, 0.15) is 0 Å². The van der Waals surface area contributed by atoms with E-state index in [1.54, 1.807) is 13.8 Å². The number of aromatic nitrogens is 2. The van der Waals surface area contributed by atoms with Crippen LogP contribution in [-0.2, 0) is 7.05 Å². The Kier molecular flexibility index (Phi) is 3.06. The zero-order valence-corrected chi connectivity index (χ0v) is 10.6. The molecule has 1 N–H and O–H groups in total. The number of hydrogen-bond acceptors (Lipinski definition) is 3. The smallest absolute Gasteiger partial charge is 0.290 e. The van der Waals surface area contributed by atoms with Crippen LogP contribution >= 0.6 is 0 Å². The van der Waals surface area contributed by atoms with Crippen molar-refractivity contribution in [2.45, 2.75) is 13.8 Å². The SMILES string of the molecule is Cc1c(C)n(Nc2ccccc2)c(=O)n(C)c1=O. The number of benzene rings is 1. The monoisotopic (exact) mass is 245 g/mol. The number of nitrogens with one attached hydrogen (secondary N) is 1. The molecule has 0 spiro atoms. The van der Waals surface area contributed by atoms with Crippen molar-refractivity contribution in [3.05, 3.63) is 62.4 Å². The van der Waals surface area contributed by atoms with Crippen LogP contribution < -0.4 is 16.7 Å². The molecule has 0 bridgehead atoms. The lowest BCUT2D eigenvalue weighted by Crippen LogP contribution is -2.43. The van der Waals surface area contributed by atoms with Crippen LogP contribution in [0.25, 0.3) is 0 Å². The van der Waals surface area contributed by atoms with E-state index in [1.165, 1.54) is 11.7 Å². The third-order valence-corrected chi connectivity index (χ3v) is 3.00. The molecule has 0 aliphatic rings. The summed E-state index contributed by atoms with van der Waals surface area (Å²) in [6, 6.07) is 9.35. The first-order valence-electron chi connectivity index (χ1n) is 5.63. The van der Waals surface area contributed by atoms with Gasteiger partial charge < -0.3 is 0 Å². The topological polar surface area (TPSA) is 56.0 Å². The number of anilines is 1. The first-order valence-corrected chi connectivity index (χ1v) is 5.63. The molecule has 0 saturated heterocycles. The molecule has 2 aromatic rings. The molecule has 0 saturated carbocycles. The highest BCUT2D eigenvalue weighted by Crippen LogP contribution is 2.06. The summed E-state index contributed by atoms with van der Waals surface area (Å²) in [5.41, 5.74) is 4.32. The minimum absolute atomic E-state index is 0.261. The molecule has 0 atom stereocenters. The van der Waals surface area contributed by atoms with Crippen LogP contribution in [0.3, 0.4) is 0 Å². The summed E-state index contributed by atoms with van der Waals surface area (Å²) in [4.78, 5) is 23.8. The maximum atomic E-state index is 12.0. The number of hydrogen-bond donors (Lipinski definition) is 1. The fourth-order valence-corrected chi connectivity index (χ4v) is 1.73. The molecule has 0 amide bonds. The lowest BCUT2D eigenvalue weighted by molar-refractivity contribution is 0.674. The van der Waals surface area contributed by atoms with E-state index < -0.39 is 0 Å². The molecule has 5 heteroatoms. The Morgan fingerprint density at radius 1 is 1.06 bits per heavy atom. The lowest BCUT2D eigenvalue weighted by Gasteiger charge is -2.15. The second-order valence-electron chi connectivity index (χ2n) is 4.17. The van der Waals surface area contributed by atoms with Crippen LogP contribution in [0, 0.1) is 13.8 Å². The molecule has 18 heavy (non-hydrogen) atoms. The quantitative estimate of drug-likeness (QED) is 0.860. The summed E-state index contributed by atoms with van der Waals surface area (Å²) in [5.74, 6) is 0. The van der Waals surface area contributed by atoms with Gasteiger partial charge in [-0.15, -0.1) is 0 Å². The Hall–Kier alpha value is -2.30. The van der Waals surface area contributed by atoms with Gasteiger partial charge in [-0.2, -0.15) is 0 Å². The molecule has 0 fully saturated rings. The first-order chi connectivity index (χ1) is 8.52. The van der Waals surface area contributed by atoms with Crippen LogP contribution in [-0.4, -0.2) is 9.24 Å². The molecule has 0 radical (unpaired) electrons. The molecular formula is C13H15N3O2. The highest BCUT2D eigenvalue weighted by atomic mass is 16.2. The second-order valence-corrected chi connectivity index (χ2v) is 4.17. The van der Waals surface area contributed by atoms with Crippen molar-refractivity contribution in [3.8, 4) is 0 Å². The normalized spacial score (nSPS) is 10.4. The minimum Gasteiger partial charge on any atom is -0.290 e. The Labute approximate surface area is 104 Å². The molecule has 0 aliphatic carbocycles. The standard InChI is InChI=1S/C13H15N3O2/c1-9-10(2)16(13(18)15(3)12(9)17)14-11-7-5-4-6-8-11/h4-8,14H,1-3H3. The average molecular weight is 245 g/mol. The Balaban J connectivity index is 2.59. The zero-order chi connectivity index (χ0) is 13.3. The lowest BCUT2D eigenvalue weighted by atomic mass is 10.2. The van der Waals surface area contributed by atoms with Gasteiger partial charge in [0, 0.05) is 12.6 Å². The van der Waals surface area contributed by atoms with E-state index in [2.05, 4.69) is 5.43 Å². The van der Waals surface area contributed by atoms with E-state index in [0.29, 0.717) is 11.3 Å². The molecule has 5 nitrogen and oxygen atoms in total. The summed E-state index contributed by atoms with van der Waals surface area (Å²) >= 11 is 0. The van der Waals surface area contributed by atoms with E-state index in [0.717, 1.165) is 10.3 Å². The van der Waals surface area contributed by atoms with Gasteiger partial charge in [-0.25, -0.2) is 9.47 Å². The Morgan fingerprint density at radius 2 is 1.67 bits per heavy atom. The first kappa shape index (κ1) is 12.2. The van der Waals surface area contributed by atoms with Crippen LogP contribution in [0.4, 0.5) is 5.69 Å². The highest BCUT2D eigenvalue weighted by Gasteiger charge is 2.10. The van der Waals surface area contributed by atoms with Crippen LogP contribution in [0.5, 0.6) is 0 Å². The number of rotatable bonds is 2. The molecule has 1 aromatic carbocycles. The summed E-state index contributed by atoms with van der Waals surface area (Å²) in [5, 5.41) is 0. The van der Waals surface area contributed by atoms with Crippen LogP contribution in [0.2, 0.25) is 0 Å². The molecule has 1 heterocycles. The van der Waals surface area contributed by atoms with Gasteiger partial charge in [0.2, 0.25) is 0 Å². The molecule has 1 aromatic heterocycles. The van der Waals surface area contributed by atoms with E-state index in [-0.39, 0.29) is 11.2 Å². The summed E-state index contributed by atoms with van der Waals surface area (Å²) in [7, 11) is 1.47. The van der Waals surface area contributed by atoms with Gasteiger partial charge in [-0.1, -0.05) is 18.2 Å². The van der Waals surface area contributed by atoms with Gasteiger partial charge in [0.25, 0.3) is 5.56 Å². The predicted molar refractivity (Wildman–Crippen MR) is 70.9 cm³/mol. The van der Waals surface area contributed by atoms with Gasteiger partial charge in [-0.05, 0) is 26.0 Å². The van der Waals surface area contributed by atoms with Gasteiger partial charge in [-0.3, -0.25) is 14.8 Å². The predicted octanol–water partition coefficient (Wildman–Crippen LogP) is 1.04. The number of nitrogens with zero attached hydrogens (tertiary/aromatic N) is 2. The largest absolute Gasteiger partial charge is 0.349 e. The van der Waals surface area contributed by atoms with Crippen molar-refractivity contribution in [2.24, 2.45) is 7.05 Å². The number of para-hydroxylation sites is 1. The third-order valence-electron chi connectivity index (χ3n) is 3.00. The summed E-state index contributed by atoms with van der Waals surface area (Å²) in [6.45, 7) is 3.45. The van der Waals surface area contributed by atoms with Crippen molar-refractivity contribution in [3.63, 3.8) is 0 Å². The van der Waals surface area contributed by atoms with Gasteiger partial charge in [0.05, 0.1) is 11.4 Å². The fraction of sp³-hybridized carbons (Fsp3) is 0.231. The van der Waals surface area contributed by atoms with Gasteiger partial charge in [0.15, 0.2) is 0 Å². The van der Waals surface area contributed by atoms with Crippen LogP contribution in [0.1, 0.15) is 11.3 Å². The zero-order valence-electron chi connectivity index (χ0n) is 10.6. The van der Waals surface area contributed by atoms with E-state index in [4.69, 9.17) is 0 Å². The van der Waals surface area contributed by atoms with E-state index >= 15 is 0 Å². The maximum Gasteiger partial charge on any atom is 0.349 e. The minimum atomic E-state index is -0.382. The maximum absolute atomic E-state index is 12.0. The average Bonchev–Trinajstić information content (AvgIpc) is 2.40. The highest BCUT2D eigenvalue weighted by molar-refractivity contribution is 5.42.